The topological polar surface area (TPSA) is 29.3 Å². The van der Waals surface area contributed by atoms with Gasteiger partial charge >= 0.3 is 0 Å². The molecule has 84 valence electrons. The number of nitrogens with zero attached hydrogens (tertiary/aromatic N) is 1. The van der Waals surface area contributed by atoms with Crippen molar-refractivity contribution in [2.24, 2.45) is 5.73 Å². The fraction of sp³-hybridized carbons (Fsp3) is 0.538. The van der Waals surface area contributed by atoms with Gasteiger partial charge in [-0.2, -0.15) is 0 Å². The van der Waals surface area contributed by atoms with Crippen LogP contribution in [0.3, 0.4) is 0 Å². The van der Waals surface area contributed by atoms with E-state index in [0.29, 0.717) is 0 Å². The number of hydrogen-bond donors (Lipinski definition) is 1. The number of benzene rings is 1. The average Bonchev–Trinajstić information content (AvgIpc) is 2.14. The number of nitrogens with two attached hydrogens (primary N) is 1. The summed E-state index contributed by atoms with van der Waals surface area (Å²) in [4.78, 5) is 2.20. The van der Waals surface area contributed by atoms with Crippen LogP contribution < -0.4 is 5.73 Å². The predicted molar refractivity (Wildman–Crippen MR) is 65.9 cm³/mol. The highest BCUT2D eigenvalue weighted by Gasteiger charge is 2.12. The van der Waals surface area contributed by atoms with Crippen LogP contribution in [0.4, 0.5) is 0 Å². The van der Waals surface area contributed by atoms with E-state index in [9.17, 15) is 0 Å². The summed E-state index contributed by atoms with van der Waals surface area (Å²) in [5.74, 6) is 0. The van der Waals surface area contributed by atoms with Gasteiger partial charge in [0.05, 0.1) is 0 Å². The van der Waals surface area contributed by atoms with Gasteiger partial charge in [-0.15, -0.1) is 0 Å². The summed E-state index contributed by atoms with van der Waals surface area (Å²) >= 11 is 0. The van der Waals surface area contributed by atoms with Gasteiger partial charge in [-0.05, 0) is 45.5 Å². The molecule has 1 rings (SSSR count). The maximum Gasteiger partial charge on any atom is 0.0352 e. The van der Waals surface area contributed by atoms with E-state index in [2.05, 4.69) is 43.3 Å². The van der Waals surface area contributed by atoms with Gasteiger partial charge in [0, 0.05) is 12.1 Å². The second-order valence-electron chi connectivity index (χ2n) is 4.97. The number of likely N-dealkylation sites (N-methyl/N-ethyl adjacent to an activating group) is 1. The minimum atomic E-state index is -0.236. The molecule has 0 saturated carbocycles. The molecule has 0 fully saturated rings. The van der Waals surface area contributed by atoms with E-state index >= 15 is 0 Å². The van der Waals surface area contributed by atoms with Gasteiger partial charge in [-0.3, -0.25) is 0 Å². The lowest BCUT2D eigenvalue weighted by Crippen LogP contribution is -2.28. The van der Waals surface area contributed by atoms with Crippen LogP contribution in [-0.2, 0) is 12.0 Å². The van der Waals surface area contributed by atoms with Crippen LogP contribution in [0.25, 0.3) is 0 Å². The molecule has 2 nitrogen and oxygen atoms in total. The molecule has 2 N–H and O–H groups in total. The highest BCUT2D eigenvalue weighted by Crippen LogP contribution is 2.17. The molecule has 1 aromatic carbocycles. The van der Waals surface area contributed by atoms with E-state index in [4.69, 9.17) is 5.73 Å². The summed E-state index contributed by atoms with van der Waals surface area (Å²) in [5.41, 5.74) is 8.35. The summed E-state index contributed by atoms with van der Waals surface area (Å²) < 4.78 is 0. The van der Waals surface area contributed by atoms with E-state index in [-0.39, 0.29) is 5.54 Å². The quantitative estimate of drug-likeness (QED) is 0.816. The molecule has 0 aliphatic carbocycles. The first-order valence-electron chi connectivity index (χ1n) is 5.42. The molecule has 0 aliphatic rings. The Labute approximate surface area is 93.1 Å². The smallest absolute Gasteiger partial charge is 0.0352 e. The molecule has 0 saturated heterocycles. The van der Waals surface area contributed by atoms with Crippen molar-refractivity contribution in [3.8, 4) is 0 Å². The number of hydrogen-bond acceptors (Lipinski definition) is 2. The molecule has 0 aromatic heterocycles. The van der Waals surface area contributed by atoms with Gasteiger partial charge in [0.2, 0.25) is 0 Å². The van der Waals surface area contributed by atoms with Gasteiger partial charge in [0.1, 0.15) is 0 Å². The van der Waals surface area contributed by atoms with Gasteiger partial charge < -0.3 is 10.6 Å². The Bertz CT molecular complexity index is 293. The largest absolute Gasteiger partial charge is 0.322 e. The Kier molecular flexibility index (Phi) is 3.89. The van der Waals surface area contributed by atoms with Gasteiger partial charge in [0.25, 0.3) is 0 Å². The van der Waals surface area contributed by atoms with Crippen LogP contribution in [0.1, 0.15) is 25.0 Å². The molecule has 0 radical (unpaired) electrons. The predicted octanol–water partition coefficient (Wildman–Crippen LogP) is 1.98. The van der Waals surface area contributed by atoms with Gasteiger partial charge in [-0.1, -0.05) is 24.3 Å². The number of rotatable bonds is 4. The maximum atomic E-state index is 6.02. The first-order chi connectivity index (χ1) is 6.89. The molecule has 0 bridgehead atoms. The Morgan fingerprint density at radius 2 is 1.67 bits per heavy atom. The SMILES string of the molecule is CN(C)CCc1ccc(C(C)(C)N)cc1. The van der Waals surface area contributed by atoms with Crippen LogP contribution in [-0.4, -0.2) is 25.5 Å². The first-order valence-corrected chi connectivity index (χ1v) is 5.42. The first kappa shape index (κ1) is 12.2. The molecular formula is C13H22N2. The summed E-state index contributed by atoms with van der Waals surface area (Å²) in [7, 11) is 4.19. The zero-order valence-corrected chi connectivity index (χ0v) is 10.2. The highest BCUT2D eigenvalue weighted by atomic mass is 15.0. The van der Waals surface area contributed by atoms with Crippen molar-refractivity contribution in [3.05, 3.63) is 35.4 Å². The molecule has 0 amide bonds. The molecule has 0 atom stereocenters. The van der Waals surface area contributed by atoms with Gasteiger partial charge in [0.15, 0.2) is 0 Å². The lowest BCUT2D eigenvalue weighted by Gasteiger charge is -2.19. The normalized spacial score (nSPS) is 12.1. The van der Waals surface area contributed by atoms with Crippen molar-refractivity contribution in [1.29, 1.82) is 0 Å². The minimum absolute atomic E-state index is 0.236. The van der Waals surface area contributed by atoms with Crippen LogP contribution in [0, 0.1) is 0 Å². The van der Waals surface area contributed by atoms with Crippen molar-refractivity contribution in [2.45, 2.75) is 25.8 Å². The van der Waals surface area contributed by atoms with Crippen LogP contribution in [0.5, 0.6) is 0 Å². The van der Waals surface area contributed by atoms with Crippen molar-refractivity contribution in [1.82, 2.24) is 4.90 Å². The molecular weight excluding hydrogens is 184 g/mol. The maximum absolute atomic E-state index is 6.02. The van der Waals surface area contributed by atoms with E-state index in [0.717, 1.165) is 13.0 Å². The molecule has 1 aromatic rings. The molecule has 0 spiro atoms. The third-order valence-electron chi connectivity index (χ3n) is 2.55. The zero-order chi connectivity index (χ0) is 11.5. The van der Waals surface area contributed by atoms with E-state index in [1.54, 1.807) is 0 Å². The highest BCUT2D eigenvalue weighted by molar-refractivity contribution is 5.27. The van der Waals surface area contributed by atoms with Crippen LogP contribution in [0.2, 0.25) is 0 Å². The second kappa shape index (κ2) is 4.77. The van der Waals surface area contributed by atoms with E-state index < -0.39 is 0 Å². The Morgan fingerprint density at radius 1 is 1.13 bits per heavy atom. The third kappa shape index (κ3) is 4.02. The van der Waals surface area contributed by atoms with Crippen LogP contribution >= 0.6 is 0 Å². The lowest BCUT2D eigenvalue weighted by molar-refractivity contribution is 0.413. The minimum Gasteiger partial charge on any atom is -0.322 e. The Balaban J connectivity index is 2.65. The molecule has 15 heavy (non-hydrogen) atoms. The fourth-order valence-corrected chi connectivity index (χ4v) is 1.45. The summed E-state index contributed by atoms with van der Waals surface area (Å²) in [5, 5.41) is 0. The monoisotopic (exact) mass is 206 g/mol. The summed E-state index contributed by atoms with van der Waals surface area (Å²) in [6, 6.07) is 8.61. The van der Waals surface area contributed by atoms with Crippen molar-refractivity contribution in [2.75, 3.05) is 20.6 Å². The molecule has 2 heteroatoms. The van der Waals surface area contributed by atoms with Crippen molar-refractivity contribution >= 4 is 0 Å². The average molecular weight is 206 g/mol. The van der Waals surface area contributed by atoms with Gasteiger partial charge in [-0.25, -0.2) is 0 Å². The summed E-state index contributed by atoms with van der Waals surface area (Å²) in [6.07, 6.45) is 1.10. The molecule has 0 aliphatic heterocycles. The standard InChI is InChI=1S/C13H22N2/c1-13(2,14)12-7-5-11(6-8-12)9-10-15(3)4/h5-8H,9-10,14H2,1-4H3. The third-order valence-corrected chi connectivity index (χ3v) is 2.55. The Hall–Kier alpha value is -0.860. The second-order valence-corrected chi connectivity index (χ2v) is 4.97. The summed E-state index contributed by atoms with van der Waals surface area (Å²) in [6.45, 7) is 5.15. The molecule has 0 heterocycles. The Morgan fingerprint density at radius 3 is 2.07 bits per heavy atom. The zero-order valence-electron chi connectivity index (χ0n) is 10.2. The van der Waals surface area contributed by atoms with Crippen molar-refractivity contribution < 1.29 is 0 Å². The molecule has 0 unspecified atom stereocenters. The fourth-order valence-electron chi connectivity index (χ4n) is 1.45. The van der Waals surface area contributed by atoms with Crippen molar-refractivity contribution in [3.63, 3.8) is 0 Å². The van der Waals surface area contributed by atoms with E-state index in [1.807, 2.05) is 13.8 Å². The van der Waals surface area contributed by atoms with Crippen LogP contribution in [0.15, 0.2) is 24.3 Å². The lowest BCUT2D eigenvalue weighted by atomic mass is 9.94. The van der Waals surface area contributed by atoms with E-state index in [1.165, 1.54) is 11.1 Å².